The Hall–Kier alpha value is -2.61. The molecule has 0 atom stereocenters. The molecular formula is C21H16ClF2N3OS. The second-order valence-corrected chi connectivity index (χ2v) is 8.18. The highest BCUT2D eigenvalue weighted by Crippen LogP contribution is 2.31. The van der Waals surface area contributed by atoms with E-state index in [1.165, 1.54) is 29.5 Å². The van der Waals surface area contributed by atoms with E-state index in [0.29, 0.717) is 33.2 Å². The fourth-order valence-corrected chi connectivity index (χ4v) is 4.30. The summed E-state index contributed by atoms with van der Waals surface area (Å²) in [4.78, 5) is 22.5. The summed E-state index contributed by atoms with van der Waals surface area (Å²) in [5.74, 6) is -0.213. The Kier molecular flexibility index (Phi) is 5.45. The fourth-order valence-electron chi connectivity index (χ4n) is 3.08. The van der Waals surface area contributed by atoms with Crippen LogP contribution in [-0.2, 0) is 13.1 Å². The first-order valence-corrected chi connectivity index (χ1v) is 10.0. The van der Waals surface area contributed by atoms with Gasteiger partial charge in [-0.2, -0.15) is 0 Å². The van der Waals surface area contributed by atoms with Gasteiger partial charge in [-0.25, -0.2) is 13.8 Å². The SMILES string of the molecule is CN(Cc1nc2cc(-c3ccc(F)cc3)sc2c(=O)[nH]1)Cc1c(F)cccc1Cl. The molecule has 0 aliphatic carbocycles. The largest absolute Gasteiger partial charge is 0.308 e. The van der Waals surface area contributed by atoms with Crippen LogP contribution in [0.4, 0.5) is 8.78 Å². The topological polar surface area (TPSA) is 49.0 Å². The second kappa shape index (κ2) is 8.02. The molecule has 0 radical (unpaired) electrons. The van der Waals surface area contributed by atoms with E-state index in [-0.39, 0.29) is 23.7 Å². The van der Waals surface area contributed by atoms with Crippen molar-refractivity contribution in [2.75, 3.05) is 7.05 Å². The van der Waals surface area contributed by atoms with Crippen molar-refractivity contribution in [3.05, 3.63) is 86.9 Å². The number of hydrogen-bond acceptors (Lipinski definition) is 4. The molecule has 2 aromatic heterocycles. The average molecular weight is 432 g/mol. The minimum atomic E-state index is -0.372. The predicted octanol–water partition coefficient (Wildman–Crippen LogP) is 5.22. The fraction of sp³-hybridized carbons (Fsp3) is 0.143. The number of halogens is 3. The van der Waals surface area contributed by atoms with Gasteiger partial charge in [-0.1, -0.05) is 29.8 Å². The Morgan fingerprint density at radius 3 is 2.62 bits per heavy atom. The van der Waals surface area contributed by atoms with Crippen molar-refractivity contribution in [3.8, 4) is 10.4 Å². The minimum absolute atomic E-state index is 0.235. The number of rotatable bonds is 5. The van der Waals surface area contributed by atoms with E-state index < -0.39 is 0 Å². The Morgan fingerprint density at radius 1 is 1.14 bits per heavy atom. The number of fused-ring (bicyclic) bond motifs is 1. The Labute approximate surface area is 174 Å². The van der Waals surface area contributed by atoms with Crippen LogP contribution in [0, 0.1) is 11.6 Å². The molecule has 0 bridgehead atoms. The highest BCUT2D eigenvalue weighted by molar-refractivity contribution is 7.22. The van der Waals surface area contributed by atoms with Crippen LogP contribution in [0.25, 0.3) is 20.7 Å². The lowest BCUT2D eigenvalue weighted by Gasteiger charge is -2.17. The summed E-state index contributed by atoms with van der Waals surface area (Å²) in [5, 5.41) is 0.357. The standard InChI is InChI=1S/C21H16ClF2N3OS/c1-27(10-14-15(22)3-2-4-16(14)24)11-19-25-17-9-18(29-20(17)21(28)26-19)12-5-7-13(23)8-6-12/h2-9H,10-11H2,1H3,(H,25,26,28). The maximum atomic E-state index is 14.0. The van der Waals surface area contributed by atoms with Crippen LogP contribution in [0.2, 0.25) is 5.02 Å². The van der Waals surface area contributed by atoms with Crippen molar-refractivity contribution < 1.29 is 8.78 Å². The Morgan fingerprint density at radius 2 is 1.90 bits per heavy atom. The van der Waals surface area contributed by atoms with Gasteiger partial charge in [0.05, 0.1) is 12.1 Å². The maximum Gasteiger partial charge on any atom is 0.268 e. The smallest absolute Gasteiger partial charge is 0.268 e. The summed E-state index contributed by atoms with van der Waals surface area (Å²) in [7, 11) is 1.80. The summed E-state index contributed by atoms with van der Waals surface area (Å²) in [6.45, 7) is 0.593. The third-order valence-corrected chi connectivity index (χ3v) is 6.00. The maximum absolute atomic E-state index is 14.0. The molecule has 0 spiro atoms. The molecule has 0 fully saturated rings. The molecule has 148 valence electrons. The van der Waals surface area contributed by atoms with Crippen molar-refractivity contribution in [1.29, 1.82) is 0 Å². The van der Waals surface area contributed by atoms with E-state index in [4.69, 9.17) is 11.6 Å². The van der Waals surface area contributed by atoms with Gasteiger partial charge in [-0.15, -0.1) is 11.3 Å². The zero-order valence-electron chi connectivity index (χ0n) is 15.4. The lowest BCUT2D eigenvalue weighted by molar-refractivity contribution is 0.305. The molecule has 2 heterocycles. The molecule has 8 heteroatoms. The molecule has 0 amide bonds. The number of aromatic nitrogens is 2. The van der Waals surface area contributed by atoms with Gasteiger partial charge in [0.25, 0.3) is 5.56 Å². The molecule has 0 aliphatic rings. The number of benzene rings is 2. The number of nitrogens with zero attached hydrogens (tertiary/aromatic N) is 2. The van der Waals surface area contributed by atoms with Gasteiger partial charge >= 0.3 is 0 Å². The Bertz CT molecular complexity index is 1220. The van der Waals surface area contributed by atoms with Gasteiger partial charge in [0.1, 0.15) is 22.2 Å². The van der Waals surface area contributed by atoms with Crippen LogP contribution < -0.4 is 5.56 Å². The van der Waals surface area contributed by atoms with E-state index in [1.54, 1.807) is 31.3 Å². The van der Waals surface area contributed by atoms with Crippen molar-refractivity contribution in [2.45, 2.75) is 13.1 Å². The molecule has 4 rings (SSSR count). The molecule has 4 nitrogen and oxygen atoms in total. The van der Waals surface area contributed by atoms with Gasteiger partial charge < -0.3 is 4.98 Å². The summed E-state index contributed by atoms with van der Waals surface area (Å²) in [6.07, 6.45) is 0. The van der Waals surface area contributed by atoms with Crippen molar-refractivity contribution in [2.24, 2.45) is 0 Å². The van der Waals surface area contributed by atoms with E-state index >= 15 is 0 Å². The summed E-state index contributed by atoms with van der Waals surface area (Å²) in [5.41, 5.74) is 1.56. The normalized spacial score (nSPS) is 11.5. The van der Waals surface area contributed by atoms with E-state index in [9.17, 15) is 13.6 Å². The number of hydrogen-bond donors (Lipinski definition) is 1. The van der Waals surface area contributed by atoms with Crippen molar-refractivity contribution in [1.82, 2.24) is 14.9 Å². The zero-order chi connectivity index (χ0) is 20.5. The highest BCUT2D eigenvalue weighted by Gasteiger charge is 2.14. The molecule has 0 saturated carbocycles. The molecule has 0 unspecified atom stereocenters. The first-order chi connectivity index (χ1) is 13.9. The number of thiophene rings is 1. The summed E-state index contributed by atoms with van der Waals surface area (Å²) < 4.78 is 27.7. The lowest BCUT2D eigenvalue weighted by atomic mass is 10.2. The van der Waals surface area contributed by atoms with Gasteiger partial charge in [0.15, 0.2) is 0 Å². The van der Waals surface area contributed by atoms with Gasteiger partial charge in [0, 0.05) is 22.0 Å². The predicted molar refractivity (Wildman–Crippen MR) is 112 cm³/mol. The molecule has 2 aromatic carbocycles. The quantitative estimate of drug-likeness (QED) is 0.471. The molecule has 29 heavy (non-hydrogen) atoms. The van der Waals surface area contributed by atoms with Crippen molar-refractivity contribution in [3.63, 3.8) is 0 Å². The van der Waals surface area contributed by atoms with Crippen LogP contribution in [0.3, 0.4) is 0 Å². The van der Waals surface area contributed by atoms with Crippen LogP contribution in [0.5, 0.6) is 0 Å². The van der Waals surface area contributed by atoms with E-state index in [0.717, 1.165) is 10.4 Å². The molecule has 4 aromatic rings. The zero-order valence-corrected chi connectivity index (χ0v) is 17.0. The lowest BCUT2D eigenvalue weighted by Crippen LogP contribution is -2.22. The third-order valence-electron chi connectivity index (χ3n) is 4.47. The summed E-state index contributed by atoms with van der Waals surface area (Å²) >= 11 is 7.40. The minimum Gasteiger partial charge on any atom is -0.308 e. The van der Waals surface area contributed by atoms with E-state index in [1.807, 2.05) is 11.0 Å². The number of H-pyrrole nitrogens is 1. The van der Waals surface area contributed by atoms with Gasteiger partial charge in [-0.05, 0) is 42.9 Å². The van der Waals surface area contributed by atoms with Gasteiger partial charge in [0.2, 0.25) is 0 Å². The Balaban J connectivity index is 1.60. The van der Waals surface area contributed by atoms with Crippen LogP contribution in [0.15, 0.2) is 53.3 Å². The molecular weight excluding hydrogens is 416 g/mol. The van der Waals surface area contributed by atoms with Crippen LogP contribution in [-0.4, -0.2) is 21.9 Å². The molecule has 0 saturated heterocycles. The first-order valence-electron chi connectivity index (χ1n) is 8.81. The molecule has 1 N–H and O–H groups in total. The summed E-state index contributed by atoms with van der Waals surface area (Å²) in [6, 6.07) is 12.5. The second-order valence-electron chi connectivity index (χ2n) is 6.72. The highest BCUT2D eigenvalue weighted by atomic mass is 35.5. The first kappa shape index (κ1) is 19.7. The van der Waals surface area contributed by atoms with Gasteiger partial charge in [-0.3, -0.25) is 9.69 Å². The van der Waals surface area contributed by atoms with E-state index in [2.05, 4.69) is 9.97 Å². The number of nitrogens with one attached hydrogen (secondary N) is 1. The average Bonchev–Trinajstić information content (AvgIpc) is 3.10. The monoisotopic (exact) mass is 431 g/mol. The van der Waals surface area contributed by atoms with Crippen LogP contribution in [0.1, 0.15) is 11.4 Å². The third kappa shape index (κ3) is 4.22. The molecule has 0 aliphatic heterocycles. The number of aromatic amines is 1. The van der Waals surface area contributed by atoms with Crippen LogP contribution >= 0.6 is 22.9 Å². The van der Waals surface area contributed by atoms with Crippen molar-refractivity contribution >= 4 is 33.2 Å².